The molecule has 20 heavy (non-hydrogen) atoms. The van der Waals surface area contributed by atoms with Crippen LogP contribution in [0, 0.1) is 22.0 Å². The number of hydrogen-bond donors (Lipinski definition) is 2. The number of nitro groups is 1. The van der Waals surface area contributed by atoms with Gasteiger partial charge in [-0.25, -0.2) is 4.79 Å². The van der Waals surface area contributed by atoms with Gasteiger partial charge in [-0.1, -0.05) is 19.8 Å². The first-order valence-electron chi connectivity index (χ1n) is 6.74. The molecule has 108 valence electrons. The summed E-state index contributed by atoms with van der Waals surface area (Å²) in [6.45, 7) is 3.00. The molecule has 2 rings (SSSR count). The molecule has 1 aliphatic carbocycles. The van der Waals surface area contributed by atoms with Gasteiger partial charge in [0.25, 0.3) is 5.69 Å². The molecule has 1 saturated carbocycles. The molecular weight excluding hydrogens is 260 g/mol. The maximum absolute atomic E-state index is 11.1. The van der Waals surface area contributed by atoms with Gasteiger partial charge in [-0.2, -0.15) is 0 Å². The van der Waals surface area contributed by atoms with Gasteiger partial charge in [-0.3, -0.25) is 10.1 Å². The highest BCUT2D eigenvalue weighted by Gasteiger charge is 2.24. The molecule has 0 saturated heterocycles. The highest BCUT2D eigenvalue weighted by atomic mass is 16.6. The monoisotopic (exact) mass is 278 g/mol. The van der Waals surface area contributed by atoms with Gasteiger partial charge in [0.1, 0.15) is 5.56 Å². The third kappa shape index (κ3) is 3.07. The number of rotatable bonds is 5. The van der Waals surface area contributed by atoms with E-state index >= 15 is 0 Å². The minimum atomic E-state index is -1.28. The normalized spacial score (nSPS) is 21.6. The van der Waals surface area contributed by atoms with E-state index in [2.05, 4.69) is 12.2 Å². The minimum absolute atomic E-state index is 0.278. The van der Waals surface area contributed by atoms with E-state index in [1.807, 2.05) is 0 Å². The smallest absolute Gasteiger partial charge is 0.342 e. The van der Waals surface area contributed by atoms with Crippen molar-refractivity contribution in [2.24, 2.45) is 11.8 Å². The van der Waals surface area contributed by atoms with E-state index in [0.717, 1.165) is 6.54 Å². The Morgan fingerprint density at radius 1 is 1.50 bits per heavy atom. The summed E-state index contributed by atoms with van der Waals surface area (Å²) in [5.74, 6) is -0.0347. The van der Waals surface area contributed by atoms with Crippen LogP contribution in [0.5, 0.6) is 0 Å². The lowest BCUT2D eigenvalue weighted by atomic mass is 9.98. The lowest BCUT2D eigenvalue weighted by molar-refractivity contribution is -0.385. The number of nitrogens with one attached hydrogen (secondary N) is 1. The zero-order valence-corrected chi connectivity index (χ0v) is 11.3. The van der Waals surface area contributed by atoms with Crippen molar-refractivity contribution in [1.29, 1.82) is 0 Å². The summed E-state index contributed by atoms with van der Waals surface area (Å²) in [7, 11) is 0. The zero-order valence-electron chi connectivity index (χ0n) is 11.3. The van der Waals surface area contributed by atoms with Crippen molar-refractivity contribution in [3.05, 3.63) is 33.9 Å². The number of aromatic carboxylic acids is 1. The van der Waals surface area contributed by atoms with Gasteiger partial charge in [0.2, 0.25) is 0 Å². The molecule has 1 fully saturated rings. The van der Waals surface area contributed by atoms with Crippen LogP contribution in [0.3, 0.4) is 0 Å². The van der Waals surface area contributed by atoms with E-state index in [9.17, 15) is 14.9 Å². The Morgan fingerprint density at radius 2 is 2.25 bits per heavy atom. The maximum atomic E-state index is 11.1. The first kappa shape index (κ1) is 14.3. The number of nitro benzene ring substituents is 1. The molecule has 0 aromatic heterocycles. The standard InChI is InChI=1S/C14H18N2O4/c1-9-3-2-4-10(9)8-15-11-5-6-13(16(19)20)12(7-11)14(17)18/h5-7,9-10,15H,2-4,8H2,1H3,(H,17,18). The molecule has 2 atom stereocenters. The van der Waals surface area contributed by atoms with Crippen molar-refractivity contribution in [3.8, 4) is 0 Å². The number of carbonyl (C=O) groups is 1. The summed E-state index contributed by atoms with van der Waals surface area (Å²) >= 11 is 0. The second-order valence-electron chi connectivity index (χ2n) is 5.34. The Balaban J connectivity index is 2.11. The van der Waals surface area contributed by atoms with E-state index in [1.54, 1.807) is 6.07 Å². The van der Waals surface area contributed by atoms with Crippen LogP contribution in [-0.2, 0) is 0 Å². The Labute approximate surface area is 117 Å². The molecule has 0 spiro atoms. The molecule has 1 aliphatic rings. The lowest BCUT2D eigenvalue weighted by Gasteiger charge is -2.16. The van der Waals surface area contributed by atoms with Crippen molar-refractivity contribution in [1.82, 2.24) is 0 Å². The van der Waals surface area contributed by atoms with Crippen molar-refractivity contribution in [3.63, 3.8) is 0 Å². The number of nitrogens with zero attached hydrogens (tertiary/aromatic N) is 1. The predicted octanol–water partition coefficient (Wildman–Crippen LogP) is 3.14. The van der Waals surface area contributed by atoms with E-state index in [4.69, 9.17) is 5.11 Å². The van der Waals surface area contributed by atoms with Crippen LogP contribution in [0.25, 0.3) is 0 Å². The molecule has 6 nitrogen and oxygen atoms in total. The quantitative estimate of drug-likeness (QED) is 0.637. The first-order chi connectivity index (χ1) is 9.49. The average Bonchev–Trinajstić information content (AvgIpc) is 2.81. The third-order valence-corrected chi connectivity index (χ3v) is 4.03. The van der Waals surface area contributed by atoms with Crippen LogP contribution in [0.1, 0.15) is 36.5 Å². The van der Waals surface area contributed by atoms with E-state index in [-0.39, 0.29) is 11.3 Å². The number of benzene rings is 1. The van der Waals surface area contributed by atoms with Crippen LogP contribution in [0.2, 0.25) is 0 Å². The van der Waals surface area contributed by atoms with Crippen LogP contribution in [-0.4, -0.2) is 22.5 Å². The molecule has 0 heterocycles. The fourth-order valence-corrected chi connectivity index (χ4v) is 2.75. The maximum Gasteiger partial charge on any atom is 0.342 e. The first-order valence-corrected chi connectivity index (χ1v) is 6.74. The molecule has 2 N–H and O–H groups in total. The van der Waals surface area contributed by atoms with Gasteiger partial charge in [0, 0.05) is 18.3 Å². The topological polar surface area (TPSA) is 92.5 Å². The predicted molar refractivity (Wildman–Crippen MR) is 75.1 cm³/mol. The van der Waals surface area contributed by atoms with Crippen molar-refractivity contribution in [2.75, 3.05) is 11.9 Å². The summed E-state index contributed by atoms with van der Waals surface area (Å²) in [4.78, 5) is 21.2. The summed E-state index contributed by atoms with van der Waals surface area (Å²) in [5.41, 5.74) is -0.0381. The average molecular weight is 278 g/mol. The van der Waals surface area contributed by atoms with E-state index in [0.29, 0.717) is 17.5 Å². The molecule has 0 bridgehead atoms. The second kappa shape index (κ2) is 5.90. The third-order valence-electron chi connectivity index (χ3n) is 4.03. The van der Waals surface area contributed by atoms with Crippen LogP contribution in [0.15, 0.2) is 18.2 Å². The minimum Gasteiger partial charge on any atom is -0.477 e. The Morgan fingerprint density at radius 3 is 2.80 bits per heavy atom. The molecule has 0 amide bonds. The Hall–Kier alpha value is -2.11. The molecule has 1 aromatic rings. The van der Waals surface area contributed by atoms with E-state index in [1.165, 1.54) is 31.4 Å². The van der Waals surface area contributed by atoms with Crippen LogP contribution in [0.4, 0.5) is 11.4 Å². The highest BCUT2D eigenvalue weighted by molar-refractivity contribution is 5.93. The van der Waals surface area contributed by atoms with Gasteiger partial charge in [-0.15, -0.1) is 0 Å². The molecule has 0 radical (unpaired) electrons. The number of carboxylic acids is 1. The lowest BCUT2D eigenvalue weighted by Crippen LogP contribution is -2.16. The number of hydrogen-bond acceptors (Lipinski definition) is 4. The van der Waals surface area contributed by atoms with Gasteiger partial charge in [0.15, 0.2) is 0 Å². The molecule has 0 aliphatic heterocycles. The number of anilines is 1. The summed E-state index contributed by atoms with van der Waals surface area (Å²) in [5, 5.41) is 23.0. The summed E-state index contributed by atoms with van der Waals surface area (Å²) in [6, 6.07) is 4.13. The van der Waals surface area contributed by atoms with Gasteiger partial charge < -0.3 is 10.4 Å². The molecule has 2 unspecified atom stereocenters. The SMILES string of the molecule is CC1CCCC1CNc1ccc([N+](=O)[O-])c(C(=O)O)c1. The zero-order chi connectivity index (χ0) is 14.7. The van der Waals surface area contributed by atoms with Crippen LogP contribution < -0.4 is 5.32 Å². The van der Waals surface area contributed by atoms with Gasteiger partial charge >= 0.3 is 5.97 Å². The fourth-order valence-electron chi connectivity index (χ4n) is 2.75. The number of carboxylic acid groups (broad SMARTS) is 1. The van der Waals surface area contributed by atoms with Crippen LogP contribution >= 0.6 is 0 Å². The second-order valence-corrected chi connectivity index (χ2v) is 5.34. The Bertz CT molecular complexity index is 530. The van der Waals surface area contributed by atoms with Gasteiger partial charge in [-0.05, 0) is 30.4 Å². The molecule has 1 aromatic carbocycles. The highest BCUT2D eigenvalue weighted by Crippen LogP contribution is 2.31. The van der Waals surface area contributed by atoms with Crippen molar-refractivity contribution < 1.29 is 14.8 Å². The van der Waals surface area contributed by atoms with Crippen molar-refractivity contribution in [2.45, 2.75) is 26.2 Å². The van der Waals surface area contributed by atoms with Gasteiger partial charge in [0.05, 0.1) is 4.92 Å². The Kier molecular flexibility index (Phi) is 4.22. The fraction of sp³-hybridized carbons (Fsp3) is 0.500. The summed E-state index contributed by atoms with van der Waals surface area (Å²) < 4.78 is 0. The van der Waals surface area contributed by atoms with E-state index < -0.39 is 10.9 Å². The molecular formula is C14H18N2O4. The molecule has 6 heteroatoms. The van der Waals surface area contributed by atoms with Crippen molar-refractivity contribution >= 4 is 17.3 Å². The summed E-state index contributed by atoms with van der Waals surface area (Å²) in [6.07, 6.45) is 3.63. The largest absolute Gasteiger partial charge is 0.477 e.